The fourth-order valence-electron chi connectivity index (χ4n) is 1.08. The van der Waals surface area contributed by atoms with Crippen molar-refractivity contribution in [3.63, 3.8) is 0 Å². The van der Waals surface area contributed by atoms with Crippen LogP contribution in [0.1, 0.15) is 18.1 Å². The number of hydrogen-bond acceptors (Lipinski definition) is 4. The highest BCUT2D eigenvalue weighted by atomic mass is 31.1. The second-order valence-corrected chi connectivity index (χ2v) is 3.49. The lowest BCUT2D eigenvalue weighted by Crippen LogP contribution is -2.07. The normalized spacial score (nSPS) is 13.1. The average Bonchev–Trinajstić information content (AvgIpc) is 2.17. The Morgan fingerprint density at radius 2 is 2.00 bits per heavy atom. The number of carbonyl (C=O) groups is 1. The summed E-state index contributed by atoms with van der Waals surface area (Å²) in [6.07, 6.45) is -1.36. The maximum absolute atomic E-state index is 10.9. The molecule has 0 fully saturated rings. The quantitative estimate of drug-likeness (QED) is 0.760. The van der Waals surface area contributed by atoms with Crippen molar-refractivity contribution in [2.24, 2.45) is 0 Å². The summed E-state index contributed by atoms with van der Waals surface area (Å²) >= 11 is 0. The average molecular weight is 229 g/mol. The SMILES string of the molecule is O=C(CC(O)c1ccccc1)O[P+](=O)O. The first-order valence-electron chi connectivity index (χ1n) is 4.19. The molecule has 2 atom stereocenters. The second-order valence-electron chi connectivity index (χ2n) is 2.83. The largest absolute Gasteiger partial charge is 0.750 e. The van der Waals surface area contributed by atoms with E-state index in [0.29, 0.717) is 5.56 Å². The molecule has 80 valence electrons. The van der Waals surface area contributed by atoms with Gasteiger partial charge in [-0.15, -0.1) is 4.89 Å². The van der Waals surface area contributed by atoms with Gasteiger partial charge in [-0.1, -0.05) is 30.3 Å². The number of hydrogen-bond donors (Lipinski definition) is 2. The second kappa shape index (κ2) is 5.56. The minimum Gasteiger partial charge on any atom is -0.388 e. The molecule has 1 rings (SSSR count). The van der Waals surface area contributed by atoms with Gasteiger partial charge in [-0.05, 0) is 5.56 Å². The Labute approximate surface area is 87.3 Å². The van der Waals surface area contributed by atoms with Crippen LogP contribution in [0.3, 0.4) is 0 Å². The summed E-state index contributed by atoms with van der Waals surface area (Å²) in [6.45, 7) is 0. The highest BCUT2D eigenvalue weighted by molar-refractivity contribution is 7.32. The van der Waals surface area contributed by atoms with Gasteiger partial charge in [0.15, 0.2) is 0 Å². The first-order chi connectivity index (χ1) is 7.09. The van der Waals surface area contributed by atoms with E-state index in [2.05, 4.69) is 4.52 Å². The van der Waals surface area contributed by atoms with E-state index in [0.717, 1.165) is 0 Å². The summed E-state index contributed by atoms with van der Waals surface area (Å²) in [7, 11) is -2.95. The van der Waals surface area contributed by atoms with Gasteiger partial charge in [0.2, 0.25) is 0 Å². The van der Waals surface area contributed by atoms with Crippen LogP contribution in [-0.2, 0) is 13.9 Å². The van der Waals surface area contributed by atoms with E-state index in [4.69, 9.17) is 4.89 Å². The van der Waals surface area contributed by atoms with Gasteiger partial charge < -0.3 is 5.11 Å². The lowest BCUT2D eigenvalue weighted by molar-refractivity contribution is -0.136. The fraction of sp³-hybridized carbons (Fsp3) is 0.222. The summed E-state index contributed by atoms with van der Waals surface area (Å²) in [5.41, 5.74) is 0.558. The van der Waals surface area contributed by atoms with E-state index < -0.39 is 20.3 Å². The van der Waals surface area contributed by atoms with Crippen LogP contribution >= 0.6 is 8.25 Å². The van der Waals surface area contributed by atoms with Crippen molar-refractivity contribution in [2.75, 3.05) is 0 Å². The van der Waals surface area contributed by atoms with E-state index in [1.807, 2.05) is 0 Å². The molecule has 0 saturated carbocycles. The Bertz CT molecular complexity index is 351. The molecule has 5 nitrogen and oxygen atoms in total. The van der Waals surface area contributed by atoms with Crippen LogP contribution in [-0.4, -0.2) is 16.0 Å². The highest BCUT2D eigenvalue weighted by Crippen LogP contribution is 2.21. The molecular formula is C9H10O5P+. The monoisotopic (exact) mass is 229 g/mol. The Morgan fingerprint density at radius 3 is 2.53 bits per heavy atom. The third kappa shape index (κ3) is 4.16. The molecule has 0 radical (unpaired) electrons. The minimum absolute atomic E-state index is 0.342. The summed E-state index contributed by atoms with van der Waals surface area (Å²) in [5, 5.41) is 9.53. The van der Waals surface area contributed by atoms with Crippen molar-refractivity contribution in [2.45, 2.75) is 12.5 Å². The third-order valence-corrected chi connectivity index (χ3v) is 2.08. The smallest absolute Gasteiger partial charge is 0.388 e. The van der Waals surface area contributed by atoms with E-state index in [9.17, 15) is 14.5 Å². The van der Waals surface area contributed by atoms with Crippen molar-refractivity contribution in [3.8, 4) is 0 Å². The van der Waals surface area contributed by atoms with Gasteiger partial charge in [0.05, 0.1) is 12.5 Å². The third-order valence-electron chi connectivity index (χ3n) is 1.72. The molecule has 0 spiro atoms. The Hall–Kier alpha value is -1.29. The Morgan fingerprint density at radius 1 is 1.40 bits per heavy atom. The molecule has 0 aliphatic heterocycles. The van der Waals surface area contributed by atoms with Crippen molar-refractivity contribution < 1.29 is 23.9 Å². The van der Waals surface area contributed by atoms with Crippen LogP contribution in [0.4, 0.5) is 0 Å². The zero-order valence-corrected chi connectivity index (χ0v) is 8.63. The first-order valence-corrected chi connectivity index (χ1v) is 5.32. The zero-order chi connectivity index (χ0) is 11.3. The lowest BCUT2D eigenvalue weighted by atomic mass is 10.1. The number of aliphatic hydroxyl groups is 1. The number of carbonyl (C=O) groups excluding carboxylic acids is 1. The van der Waals surface area contributed by atoms with Gasteiger partial charge in [-0.2, -0.15) is 4.52 Å². The molecule has 1 aromatic rings. The van der Waals surface area contributed by atoms with Gasteiger partial charge in [-0.3, -0.25) is 0 Å². The molecule has 0 heterocycles. The summed E-state index contributed by atoms with van der Waals surface area (Å²) in [5.74, 6) is -0.907. The molecule has 2 N–H and O–H groups in total. The summed E-state index contributed by atoms with van der Waals surface area (Å²) in [6, 6.07) is 8.51. The lowest BCUT2D eigenvalue weighted by Gasteiger charge is -2.06. The maximum Gasteiger partial charge on any atom is 0.750 e. The summed E-state index contributed by atoms with van der Waals surface area (Å²) in [4.78, 5) is 19.2. The molecule has 6 heteroatoms. The van der Waals surface area contributed by atoms with Gasteiger partial charge in [-0.25, -0.2) is 4.79 Å². The van der Waals surface area contributed by atoms with Crippen LogP contribution in [0.25, 0.3) is 0 Å². The standard InChI is InChI=1S/C9H9O5P/c10-8(6-9(11)14-15(12)13)7-4-2-1-3-5-7/h1-5,8,10H,6H2/p+1. The van der Waals surface area contributed by atoms with Crippen LogP contribution in [0.15, 0.2) is 30.3 Å². The van der Waals surface area contributed by atoms with Crippen LogP contribution in [0.2, 0.25) is 0 Å². The van der Waals surface area contributed by atoms with Gasteiger partial charge in [0, 0.05) is 4.57 Å². The molecule has 2 unspecified atom stereocenters. The van der Waals surface area contributed by atoms with Crippen LogP contribution in [0, 0.1) is 0 Å². The van der Waals surface area contributed by atoms with Crippen LogP contribution < -0.4 is 0 Å². The Kier molecular flexibility index (Phi) is 4.37. The Balaban J connectivity index is 2.53. The highest BCUT2D eigenvalue weighted by Gasteiger charge is 2.23. The minimum atomic E-state index is -2.95. The molecule has 0 aliphatic rings. The number of benzene rings is 1. The molecule has 0 aromatic heterocycles. The number of rotatable bonds is 4. The van der Waals surface area contributed by atoms with E-state index in [1.165, 1.54) is 0 Å². The molecule has 0 aliphatic carbocycles. The topological polar surface area (TPSA) is 83.8 Å². The molecule has 15 heavy (non-hydrogen) atoms. The predicted molar refractivity (Wildman–Crippen MR) is 51.9 cm³/mol. The molecule has 1 aromatic carbocycles. The molecule has 0 amide bonds. The van der Waals surface area contributed by atoms with Gasteiger partial charge in [0.25, 0.3) is 0 Å². The molecular weight excluding hydrogens is 219 g/mol. The van der Waals surface area contributed by atoms with Gasteiger partial charge >= 0.3 is 14.2 Å². The van der Waals surface area contributed by atoms with Crippen LogP contribution in [0.5, 0.6) is 0 Å². The number of aliphatic hydroxyl groups excluding tert-OH is 1. The van der Waals surface area contributed by atoms with E-state index in [-0.39, 0.29) is 6.42 Å². The predicted octanol–water partition coefficient (Wildman–Crippen LogP) is 1.30. The zero-order valence-electron chi connectivity index (χ0n) is 7.74. The maximum atomic E-state index is 10.9. The summed E-state index contributed by atoms with van der Waals surface area (Å²) < 4.78 is 14.2. The van der Waals surface area contributed by atoms with Crippen molar-refractivity contribution in [3.05, 3.63) is 35.9 Å². The molecule has 0 bridgehead atoms. The fourth-order valence-corrected chi connectivity index (χ4v) is 1.32. The van der Waals surface area contributed by atoms with Crippen molar-refractivity contribution >= 4 is 14.2 Å². The molecule has 0 saturated heterocycles. The van der Waals surface area contributed by atoms with Crippen molar-refractivity contribution in [1.29, 1.82) is 0 Å². The van der Waals surface area contributed by atoms with Gasteiger partial charge in [0.1, 0.15) is 0 Å². The van der Waals surface area contributed by atoms with E-state index in [1.54, 1.807) is 30.3 Å². The van der Waals surface area contributed by atoms with E-state index >= 15 is 0 Å². The first kappa shape index (κ1) is 11.8. The van der Waals surface area contributed by atoms with Crippen molar-refractivity contribution in [1.82, 2.24) is 0 Å².